The average molecular weight is 388 g/mol. The van der Waals surface area contributed by atoms with Gasteiger partial charge in [-0.2, -0.15) is 0 Å². The van der Waals surface area contributed by atoms with E-state index in [0.717, 1.165) is 30.8 Å². The SMILES string of the molecule is CSc1nc2ncnc(Sc3nnc(-c4cc(C)cc(C)c4)o3)c2s1. The van der Waals surface area contributed by atoms with Crippen molar-refractivity contribution in [2.24, 2.45) is 0 Å². The smallest absolute Gasteiger partial charge is 0.283 e. The number of hydrogen-bond acceptors (Lipinski definition) is 9. The highest BCUT2D eigenvalue weighted by atomic mass is 32.2. The Balaban J connectivity index is 1.66. The van der Waals surface area contributed by atoms with Crippen LogP contribution in [0.1, 0.15) is 11.1 Å². The summed E-state index contributed by atoms with van der Waals surface area (Å²) < 4.78 is 7.72. The summed E-state index contributed by atoms with van der Waals surface area (Å²) in [6.45, 7) is 4.10. The van der Waals surface area contributed by atoms with Gasteiger partial charge in [0.2, 0.25) is 5.89 Å². The van der Waals surface area contributed by atoms with Crippen LogP contribution in [-0.4, -0.2) is 31.4 Å². The Morgan fingerprint density at radius 1 is 1.04 bits per heavy atom. The Hall–Kier alpha value is -1.97. The second-order valence-corrected chi connectivity index (χ2v) is 8.36. The molecule has 0 radical (unpaired) electrons. The molecule has 0 bridgehead atoms. The summed E-state index contributed by atoms with van der Waals surface area (Å²) in [7, 11) is 0. The molecule has 6 nitrogen and oxygen atoms in total. The molecule has 0 amide bonds. The van der Waals surface area contributed by atoms with Gasteiger partial charge in [0.1, 0.15) is 16.1 Å². The third-order valence-corrected chi connectivity index (χ3v) is 6.38. The fourth-order valence-electron chi connectivity index (χ4n) is 2.42. The molecule has 4 rings (SSSR count). The molecule has 0 aliphatic heterocycles. The first-order valence-corrected chi connectivity index (χ1v) is 10.2. The molecule has 1 aromatic carbocycles. The van der Waals surface area contributed by atoms with Crippen molar-refractivity contribution in [2.75, 3.05) is 6.26 Å². The maximum atomic E-state index is 5.83. The van der Waals surface area contributed by atoms with Gasteiger partial charge >= 0.3 is 0 Å². The van der Waals surface area contributed by atoms with E-state index in [1.165, 1.54) is 18.1 Å². The molecule has 0 saturated carbocycles. The van der Waals surface area contributed by atoms with Gasteiger partial charge in [0.15, 0.2) is 9.99 Å². The van der Waals surface area contributed by atoms with Crippen molar-refractivity contribution in [3.8, 4) is 11.5 Å². The van der Waals surface area contributed by atoms with Crippen molar-refractivity contribution in [1.82, 2.24) is 25.1 Å². The number of nitrogens with zero attached hydrogens (tertiary/aromatic N) is 5. The first kappa shape index (κ1) is 16.5. The summed E-state index contributed by atoms with van der Waals surface area (Å²) >= 11 is 4.49. The number of rotatable bonds is 4. The molecule has 9 heteroatoms. The first-order valence-electron chi connectivity index (χ1n) is 7.38. The summed E-state index contributed by atoms with van der Waals surface area (Å²) in [5.74, 6) is 0.508. The Morgan fingerprint density at radius 2 is 1.84 bits per heavy atom. The minimum Gasteiger partial charge on any atom is -0.411 e. The van der Waals surface area contributed by atoms with Crippen LogP contribution in [0.25, 0.3) is 21.8 Å². The largest absolute Gasteiger partial charge is 0.411 e. The van der Waals surface area contributed by atoms with E-state index in [1.54, 1.807) is 23.1 Å². The quantitative estimate of drug-likeness (QED) is 0.371. The van der Waals surface area contributed by atoms with Crippen molar-refractivity contribution >= 4 is 45.2 Å². The number of fused-ring (bicyclic) bond motifs is 1. The lowest BCUT2D eigenvalue weighted by atomic mass is 10.1. The Bertz CT molecular complexity index is 1040. The van der Waals surface area contributed by atoms with Gasteiger partial charge in [-0.15, -0.1) is 21.5 Å². The van der Waals surface area contributed by atoms with Gasteiger partial charge in [-0.05, 0) is 44.0 Å². The Labute approximate surface area is 156 Å². The number of thiazole rings is 1. The topological polar surface area (TPSA) is 77.6 Å². The second-order valence-electron chi connectivity index (χ2n) is 5.37. The Kier molecular flexibility index (Phi) is 4.45. The lowest BCUT2D eigenvalue weighted by molar-refractivity contribution is 0.465. The number of aromatic nitrogens is 5. The fourth-order valence-corrected chi connectivity index (χ4v) is 4.72. The third kappa shape index (κ3) is 3.39. The summed E-state index contributed by atoms with van der Waals surface area (Å²) in [5.41, 5.74) is 3.94. The van der Waals surface area contributed by atoms with E-state index < -0.39 is 0 Å². The zero-order valence-electron chi connectivity index (χ0n) is 13.7. The number of aryl methyl sites for hydroxylation is 2. The summed E-state index contributed by atoms with van der Waals surface area (Å²) in [5, 5.41) is 9.54. The summed E-state index contributed by atoms with van der Waals surface area (Å²) in [4.78, 5) is 13.0. The van der Waals surface area contributed by atoms with Gasteiger partial charge in [0, 0.05) is 5.56 Å². The maximum absolute atomic E-state index is 5.83. The van der Waals surface area contributed by atoms with Crippen molar-refractivity contribution in [2.45, 2.75) is 28.4 Å². The van der Waals surface area contributed by atoms with Crippen LogP contribution in [0.2, 0.25) is 0 Å². The van der Waals surface area contributed by atoms with E-state index in [0.29, 0.717) is 16.8 Å². The molecule has 0 unspecified atom stereocenters. The van der Waals surface area contributed by atoms with Gasteiger partial charge in [0.25, 0.3) is 5.22 Å². The molecule has 3 heterocycles. The van der Waals surface area contributed by atoms with Crippen LogP contribution >= 0.6 is 34.9 Å². The van der Waals surface area contributed by atoms with E-state index >= 15 is 0 Å². The van der Waals surface area contributed by atoms with Crippen LogP contribution < -0.4 is 0 Å². The van der Waals surface area contributed by atoms with E-state index in [9.17, 15) is 0 Å². The standard InChI is InChI=1S/C16H13N5OS3/c1-8-4-9(2)6-10(5-8)13-20-21-15(22-13)25-14-11-12(17-7-18-14)19-16(23-3)24-11/h4-7H,1-3H3. The zero-order chi connectivity index (χ0) is 17.4. The lowest BCUT2D eigenvalue weighted by Gasteiger charge is -2.00. The lowest BCUT2D eigenvalue weighted by Crippen LogP contribution is -1.84. The molecule has 0 aliphatic rings. The van der Waals surface area contributed by atoms with Crippen LogP contribution in [0.15, 0.2) is 43.5 Å². The second kappa shape index (κ2) is 6.74. The van der Waals surface area contributed by atoms with Crippen LogP contribution in [0.5, 0.6) is 0 Å². The van der Waals surface area contributed by atoms with Gasteiger partial charge in [-0.25, -0.2) is 15.0 Å². The van der Waals surface area contributed by atoms with Gasteiger partial charge < -0.3 is 4.42 Å². The summed E-state index contributed by atoms with van der Waals surface area (Å²) in [6, 6.07) is 6.18. The Morgan fingerprint density at radius 3 is 2.60 bits per heavy atom. The highest BCUT2D eigenvalue weighted by Crippen LogP contribution is 2.36. The molecular weight excluding hydrogens is 374 g/mol. The predicted octanol–water partition coefficient (Wildman–Crippen LogP) is 4.63. The van der Waals surface area contributed by atoms with E-state index in [4.69, 9.17) is 4.42 Å². The first-order chi connectivity index (χ1) is 12.1. The minimum atomic E-state index is 0.452. The number of thioether (sulfide) groups is 1. The molecule has 0 N–H and O–H groups in total. The highest BCUT2D eigenvalue weighted by Gasteiger charge is 2.16. The van der Waals surface area contributed by atoms with Crippen LogP contribution in [0, 0.1) is 13.8 Å². The molecule has 3 aromatic heterocycles. The molecule has 4 aromatic rings. The fraction of sp³-hybridized carbons (Fsp3) is 0.188. The summed E-state index contributed by atoms with van der Waals surface area (Å²) in [6.07, 6.45) is 3.50. The van der Waals surface area contributed by atoms with Gasteiger partial charge in [-0.3, -0.25) is 0 Å². The molecular formula is C16H13N5OS3. The van der Waals surface area contributed by atoms with E-state index in [2.05, 4.69) is 31.2 Å². The van der Waals surface area contributed by atoms with Crippen molar-refractivity contribution < 1.29 is 4.42 Å². The molecule has 0 atom stereocenters. The number of hydrogen-bond donors (Lipinski definition) is 0. The maximum Gasteiger partial charge on any atom is 0.283 e. The predicted molar refractivity (Wildman–Crippen MR) is 100 cm³/mol. The van der Waals surface area contributed by atoms with E-state index in [1.807, 2.05) is 32.2 Å². The van der Waals surface area contributed by atoms with Crippen LogP contribution in [-0.2, 0) is 0 Å². The van der Waals surface area contributed by atoms with Crippen molar-refractivity contribution in [1.29, 1.82) is 0 Å². The monoisotopic (exact) mass is 387 g/mol. The molecule has 25 heavy (non-hydrogen) atoms. The average Bonchev–Trinajstić information content (AvgIpc) is 3.21. The number of benzene rings is 1. The van der Waals surface area contributed by atoms with Crippen LogP contribution in [0.3, 0.4) is 0 Å². The molecule has 0 spiro atoms. The highest BCUT2D eigenvalue weighted by molar-refractivity contribution is 8.00. The molecule has 126 valence electrons. The van der Waals surface area contributed by atoms with Gasteiger partial charge in [-0.1, -0.05) is 29.0 Å². The normalized spacial score (nSPS) is 11.3. The van der Waals surface area contributed by atoms with Crippen molar-refractivity contribution in [3.63, 3.8) is 0 Å². The zero-order valence-corrected chi connectivity index (χ0v) is 16.1. The minimum absolute atomic E-state index is 0.452. The van der Waals surface area contributed by atoms with Gasteiger partial charge in [0.05, 0.1) is 0 Å². The third-order valence-electron chi connectivity index (χ3n) is 3.37. The van der Waals surface area contributed by atoms with Crippen LogP contribution in [0.4, 0.5) is 0 Å². The molecule has 0 aliphatic carbocycles. The molecule has 0 fully saturated rings. The van der Waals surface area contributed by atoms with E-state index in [-0.39, 0.29) is 0 Å². The van der Waals surface area contributed by atoms with Crippen molar-refractivity contribution in [3.05, 3.63) is 35.7 Å². The molecule has 0 saturated heterocycles.